The lowest BCUT2D eigenvalue weighted by molar-refractivity contribution is -0.122. The molecule has 6 heteroatoms. The third-order valence-corrected chi connectivity index (χ3v) is 7.86. The van der Waals surface area contributed by atoms with Gasteiger partial charge in [0.2, 0.25) is 15.9 Å². The lowest BCUT2D eigenvalue weighted by atomic mass is 9.92. The van der Waals surface area contributed by atoms with Gasteiger partial charge in [-0.1, -0.05) is 71.8 Å². The van der Waals surface area contributed by atoms with Gasteiger partial charge in [0, 0.05) is 19.5 Å². The summed E-state index contributed by atoms with van der Waals surface area (Å²) in [7, 11) is -3.74. The van der Waals surface area contributed by atoms with Gasteiger partial charge in [0.1, 0.15) is 0 Å². The number of nitrogens with one attached hydrogen (secondary N) is 1. The highest BCUT2D eigenvalue weighted by Crippen LogP contribution is 2.36. The number of rotatable bonds is 6. The number of sulfonamides is 1. The van der Waals surface area contributed by atoms with Crippen molar-refractivity contribution in [2.75, 3.05) is 6.54 Å². The summed E-state index contributed by atoms with van der Waals surface area (Å²) in [6.07, 6.45) is 0.705. The largest absolute Gasteiger partial charge is 0.352 e. The zero-order valence-corrected chi connectivity index (χ0v) is 19.2. The van der Waals surface area contributed by atoms with E-state index in [1.54, 1.807) is 24.3 Å². The van der Waals surface area contributed by atoms with Crippen LogP contribution >= 0.6 is 0 Å². The second-order valence-electron chi connectivity index (χ2n) is 8.36. The third kappa shape index (κ3) is 4.76. The van der Waals surface area contributed by atoms with Crippen LogP contribution in [0.5, 0.6) is 0 Å². The van der Waals surface area contributed by atoms with Crippen LogP contribution in [0.25, 0.3) is 0 Å². The van der Waals surface area contributed by atoms with Crippen LogP contribution in [0.3, 0.4) is 0 Å². The van der Waals surface area contributed by atoms with E-state index in [1.165, 1.54) is 4.31 Å². The number of hydrogen-bond donors (Lipinski definition) is 1. The van der Waals surface area contributed by atoms with E-state index in [0.29, 0.717) is 19.5 Å². The van der Waals surface area contributed by atoms with Crippen LogP contribution in [0.4, 0.5) is 0 Å². The summed E-state index contributed by atoms with van der Waals surface area (Å²) in [5, 5.41) is 2.96. The molecular formula is C26H28N2O3S. The molecule has 0 aliphatic carbocycles. The second-order valence-corrected chi connectivity index (χ2v) is 10.3. The Morgan fingerprint density at radius 2 is 1.72 bits per heavy atom. The van der Waals surface area contributed by atoms with Crippen LogP contribution in [-0.4, -0.2) is 25.2 Å². The number of aryl methyl sites for hydroxylation is 2. The Morgan fingerprint density at radius 1 is 0.969 bits per heavy atom. The molecule has 1 atom stereocenters. The van der Waals surface area contributed by atoms with Gasteiger partial charge in [0.25, 0.3) is 0 Å². The molecule has 3 aromatic rings. The molecular weight excluding hydrogens is 420 g/mol. The Labute approximate surface area is 190 Å². The molecule has 4 rings (SSSR count). The monoisotopic (exact) mass is 448 g/mol. The molecule has 0 fully saturated rings. The van der Waals surface area contributed by atoms with Gasteiger partial charge >= 0.3 is 0 Å². The molecule has 1 aliphatic heterocycles. The van der Waals surface area contributed by atoms with Crippen molar-refractivity contribution >= 4 is 15.9 Å². The molecule has 166 valence electrons. The first-order valence-corrected chi connectivity index (χ1v) is 12.3. The number of hydrogen-bond acceptors (Lipinski definition) is 3. The molecule has 1 N–H and O–H groups in total. The molecule has 32 heavy (non-hydrogen) atoms. The smallest absolute Gasteiger partial charge is 0.243 e. The van der Waals surface area contributed by atoms with Crippen molar-refractivity contribution < 1.29 is 13.2 Å². The van der Waals surface area contributed by atoms with Crippen molar-refractivity contribution in [2.45, 2.75) is 44.2 Å². The van der Waals surface area contributed by atoms with Crippen LogP contribution in [-0.2, 0) is 27.8 Å². The van der Waals surface area contributed by atoms with Crippen LogP contribution in [0.15, 0.2) is 77.7 Å². The second kappa shape index (κ2) is 9.27. The van der Waals surface area contributed by atoms with E-state index in [9.17, 15) is 13.2 Å². The molecule has 1 aliphatic rings. The van der Waals surface area contributed by atoms with E-state index < -0.39 is 16.1 Å². The fourth-order valence-corrected chi connectivity index (χ4v) is 5.85. The van der Waals surface area contributed by atoms with Crippen molar-refractivity contribution in [1.82, 2.24) is 9.62 Å². The summed E-state index contributed by atoms with van der Waals surface area (Å²) in [6.45, 7) is 4.70. The Kier molecular flexibility index (Phi) is 6.44. The van der Waals surface area contributed by atoms with Crippen molar-refractivity contribution in [3.8, 4) is 0 Å². The molecule has 0 saturated heterocycles. The van der Waals surface area contributed by atoms with Crippen LogP contribution < -0.4 is 5.32 Å². The standard InChI is InChI=1S/C26H28N2O3S/c1-19-10-12-23(13-11-19)32(30,31)28-15-14-22-8-3-4-9-24(22)25(28)17-26(29)27-18-21-7-5-6-20(2)16-21/h3-13,16,25H,14-15,17-18H2,1-2H3,(H,27,29)/t25-/m0/s1. The molecule has 0 unspecified atom stereocenters. The van der Waals surface area contributed by atoms with Gasteiger partial charge in [-0.05, 0) is 49.1 Å². The molecule has 0 saturated carbocycles. The van der Waals surface area contributed by atoms with E-state index in [2.05, 4.69) is 5.32 Å². The molecule has 1 heterocycles. The maximum Gasteiger partial charge on any atom is 0.243 e. The maximum absolute atomic E-state index is 13.5. The minimum Gasteiger partial charge on any atom is -0.352 e. The fraction of sp³-hybridized carbons (Fsp3) is 0.269. The molecule has 0 bridgehead atoms. The normalized spacial score (nSPS) is 16.4. The zero-order chi connectivity index (χ0) is 22.7. The van der Waals surface area contributed by atoms with Gasteiger partial charge in [-0.25, -0.2) is 8.42 Å². The molecule has 1 amide bonds. The predicted molar refractivity (Wildman–Crippen MR) is 126 cm³/mol. The minimum atomic E-state index is -3.74. The van der Waals surface area contributed by atoms with Gasteiger partial charge < -0.3 is 5.32 Å². The topological polar surface area (TPSA) is 66.5 Å². The third-order valence-electron chi connectivity index (χ3n) is 5.94. The Balaban J connectivity index is 1.59. The molecule has 5 nitrogen and oxygen atoms in total. The van der Waals surface area contributed by atoms with E-state index in [4.69, 9.17) is 0 Å². The summed E-state index contributed by atoms with van der Waals surface area (Å²) in [4.78, 5) is 13.2. The van der Waals surface area contributed by atoms with Crippen molar-refractivity contribution in [3.63, 3.8) is 0 Å². The van der Waals surface area contributed by atoms with Crippen molar-refractivity contribution in [2.24, 2.45) is 0 Å². The van der Waals surface area contributed by atoms with Crippen LogP contribution in [0, 0.1) is 13.8 Å². The van der Waals surface area contributed by atoms with Crippen molar-refractivity contribution in [1.29, 1.82) is 0 Å². The summed E-state index contributed by atoms with van der Waals surface area (Å²) in [6, 6.07) is 22.1. The van der Waals surface area contributed by atoms with E-state index in [1.807, 2.05) is 62.4 Å². The SMILES string of the molecule is Cc1ccc(S(=O)(=O)N2CCc3ccccc3[C@@H]2CC(=O)NCc2cccc(C)c2)cc1. The highest BCUT2D eigenvalue weighted by Gasteiger charge is 2.37. The highest BCUT2D eigenvalue weighted by molar-refractivity contribution is 7.89. The number of carbonyl (C=O) groups is 1. The molecule has 0 aromatic heterocycles. The first kappa shape index (κ1) is 22.2. The quantitative estimate of drug-likeness (QED) is 0.612. The Hall–Kier alpha value is -2.96. The first-order valence-electron chi connectivity index (χ1n) is 10.8. The Bertz CT molecular complexity index is 1220. The average molecular weight is 449 g/mol. The fourth-order valence-electron chi connectivity index (χ4n) is 4.24. The summed E-state index contributed by atoms with van der Waals surface area (Å²) < 4.78 is 28.5. The molecule has 0 spiro atoms. The van der Waals surface area contributed by atoms with Crippen LogP contribution in [0.1, 0.15) is 40.3 Å². The highest BCUT2D eigenvalue weighted by atomic mass is 32.2. The van der Waals surface area contributed by atoms with Crippen molar-refractivity contribution in [3.05, 3.63) is 101 Å². The average Bonchev–Trinajstić information content (AvgIpc) is 2.78. The minimum absolute atomic E-state index is 0.0773. The van der Waals surface area contributed by atoms with E-state index in [-0.39, 0.29) is 17.2 Å². The first-order chi connectivity index (χ1) is 15.3. The van der Waals surface area contributed by atoms with E-state index in [0.717, 1.165) is 27.8 Å². The number of fused-ring (bicyclic) bond motifs is 1. The molecule has 0 radical (unpaired) electrons. The van der Waals surface area contributed by atoms with Crippen LogP contribution in [0.2, 0.25) is 0 Å². The van der Waals surface area contributed by atoms with Gasteiger partial charge in [0.15, 0.2) is 0 Å². The zero-order valence-electron chi connectivity index (χ0n) is 18.4. The number of benzene rings is 3. The predicted octanol–water partition coefficient (Wildman–Crippen LogP) is 4.30. The summed E-state index contributed by atoms with van der Waals surface area (Å²) in [5.41, 5.74) is 5.15. The van der Waals surface area contributed by atoms with Gasteiger partial charge in [-0.15, -0.1) is 0 Å². The van der Waals surface area contributed by atoms with E-state index >= 15 is 0 Å². The lowest BCUT2D eigenvalue weighted by Gasteiger charge is -2.36. The summed E-state index contributed by atoms with van der Waals surface area (Å²) >= 11 is 0. The van der Waals surface area contributed by atoms with Gasteiger partial charge in [0.05, 0.1) is 10.9 Å². The number of carbonyl (C=O) groups excluding carboxylic acids is 1. The summed E-state index contributed by atoms with van der Waals surface area (Å²) in [5.74, 6) is -0.169. The maximum atomic E-state index is 13.5. The lowest BCUT2D eigenvalue weighted by Crippen LogP contribution is -2.42. The van der Waals surface area contributed by atoms with Gasteiger partial charge in [-0.2, -0.15) is 4.31 Å². The molecule has 3 aromatic carbocycles. The Morgan fingerprint density at radius 3 is 2.47 bits per heavy atom. The number of amides is 1. The van der Waals surface area contributed by atoms with Gasteiger partial charge in [-0.3, -0.25) is 4.79 Å². The number of nitrogens with zero attached hydrogens (tertiary/aromatic N) is 1.